The molecule has 2 fully saturated rings. The minimum Gasteiger partial charge on any atom is -0.390 e. The molecule has 0 bridgehead atoms. The highest BCUT2D eigenvalue weighted by molar-refractivity contribution is 5.87. The van der Waals surface area contributed by atoms with E-state index in [0.29, 0.717) is 25.1 Å². The SMILES string of the molecule is Cn1nccc1-c1nc2ccccc2n1-c1nc(N2CCOCC2)c2nc(CN3CCC(C(C)(C)O)CC3)n(C)c2n1. The van der Waals surface area contributed by atoms with E-state index in [1.54, 1.807) is 6.20 Å². The number of aliphatic hydroxyl groups is 1. The molecule has 7 rings (SSSR count). The van der Waals surface area contributed by atoms with Crippen molar-refractivity contribution >= 4 is 28.0 Å². The van der Waals surface area contributed by atoms with Crippen LogP contribution in [0.4, 0.5) is 5.82 Å². The molecule has 2 saturated heterocycles. The first-order valence-corrected chi connectivity index (χ1v) is 14.7. The molecule has 0 saturated carbocycles. The van der Waals surface area contributed by atoms with Crippen LogP contribution in [0.2, 0.25) is 0 Å². The molecular formula is C30H38N10O2. The quantitative estimate of drug-likeness (QED) is 0.329. The zero-order chi connectivity index (χ0) is 29.0. The summed E-state index contributed by atoms with van der Waals surface area (Å²) in [6, 6.07) is 10.0. The van der Waals surface area contributed by atoms with Gasteiger partial charge < -0.3 is 19.3 Å². The predicted octanol–water partition coefficient (Wildman–Crippen LogP) is 2.92. The number of para-hydroxylation sites is 2. The first kappa shape index (κ1) is 27.0. The number of aromatic nitrogens is 8. The first-order valence-electron chi connectivity index (χ1n) is 14.7. The van der Waals surface area contributed by atoms with Gasteiger partial charge in [0.15, 0.2) is 22.8 Å². The zero-order valence-corrected chi connectivity index (χ0v) is 24.7. The van der Waals surface area contributed by atoms with E-state index >= 15 is 0 Å². The fraction of sp³-hybridized carbons (Fsp3) is 0.500. The topological polar surface area (TPSA) is 115 Å². The normalized spacial score (nSPS) is 17.6. The number of hydrogen-bond donors (Lipinski definition) is 1. The van der Waals surface area contributed by atoms with Crippen LogP contribution >= 0.6 is 0 Å². The maximum absolute atomic E-state index is 10.5. The summed E-state index contributed by atoms with van der Waals surface area (Å²) in [5.74, 6) is 3.37. The summed E-state index contributed by atoms with van der Waals surface area (Å²) < 4.78 is 11.6. The number of piperidine rings is 1. The molecule has 0 aliphatic carbocycles. The molecule has 0 atom stereocenters. The second-order valence-electron chi connectivity index (χ2n) is 12.0. The van der Waals surface area contributed by atoms with Crippen LogP contribution in [0.1, 0.15) is 32.5 Å². The van der Waals surface area contributed by atoms with Gasteiger partial charge in [-0.2, -0.15) is 15.1 Å². The lowest BCUT2D eigenvalue weighted by Gasteiger charge is -2.37. The van der Waals surface area contributed by atoms with Crippen molar-refractivity contribution in [2.75, 3.05) is 44.3 Å². The van der Waals surface area contributed by atoms with Crippen LogP contribution < -0.4 is 4.90 Å². The van der Waals surface area contributed by atoms with E-state index in [-0.39, 0.29) is 0 Å². The predicted molar refractivity (Wildman–Crippen MR) is 160 cm³/mol. The average molecular weight is 571 g/mol. The van der Waals surface area contributed by atoms with Crippen molar-refractivity contribution in [3.8, 4) is 17.5 Å². The van der Waals surface area contributed by atoms with Crippen LogP contribution in [0.3, 0.4) is 0 Å². The van der Waals surface area contributed by atoms with Gasteiger partial charge in [-0.15, -0.1) is 0 Å². The number of fused-ring (bicyclic) bond motifs is 2. The summed E-state index contributed by atoms with van der Waals surface area (Å²) in [4.78, 5) is 25.2. The van der Waals surface area contributed by atoms with Crippen LogP contribution in [0.25, 0.3) is 39.7 Å². The second-order valence-corrected chi connectivity index (χ2v) is 12.0. The Morgan fingerprint density at radius 1 is 0.952 bits per heavy atom. The molecule has 6 heterocycles. The van der Waals surface area contributed by atoms with Gasteiger partial charge in [-0.3, -0.25) is 14.1 Å². The number of rotatable bonds is 6. The standard InChI is InChI=1S/C30H38N10O2/c1-30(2,41)20-10-13-38(14-11-20)19-24-33-25-27(36(24)3)34-29(35-28(25)39-15-17-42-18-16-39)40-22-8-6-5-7-21(22)32-26(40)23-9-12-31-37(23)4/h5-9,12,20,41H,10-11,13-19H2,1-4H3. The number of nitrogens with zero attached hydrogens (tertiary/aromatic N) is 10. The maximum atomic E-state index is 10.5. The van der Waals surface area contributed by atoms with Crippen LogP contribution in [0, 0.1) is 5.92 Å². The van der Waals surface area contributed by atoms with Crippen molar-refractivity contribution in [2.24, 2.45) is 20.0 Å². The van der Waals surface area contributed by atoms with E-state index in [2.05, 4.69) is 25.5 Å². The van der Waals surface area contributed by atoms with E-state index < -0.39 is 5.60 Å². The molecule has 2 aliphatic rings. The number of anilines is 1. The van der Waals surface area contributed by atoms with Gasteiger partial charge >= 0.3 is 0 Å². The van der Waals surface area contributed by atoms with E-state index in [9.17, 15) is 5.11 Å². The largest absolute Gasteiger partial charge is 0.390 e. The summed E-state index contributed by atoms with van der Waals surface area (Å²) in [6.45, 7) is 9.19. The molecule has 0 spiro atoms. The number of likely N-dealkylation sites (tertiary alicyclic amines) is 1. The summed E-state index contributed by atoms with van der Waals surface area (Å²) in [7, 11) is 3.96. The minimum atomic E-state index is -0.644. The van der Waals surface area contributed by atoms with Gasteiger partial charge in [0.25, 0.3) is 0 Å². The smallest absolute Gasteiger partial charge is 0.240 e. The Morgan fingerprint density at radius 2 is 1.71 bits per heavy atom. The molecule has 1 aromatic carbocycles. The fourth-order valence-electron chi connectivity index (χ4n) is 6.31. The third kappa shape index (κ3) is 4.73. The molecule has 0 unspecified atom stereocenters. The van der Waals surface area contributed by atoms with E-state index in [0.717, 1.165) is 90.9 Å². The summed E-state index contributed by atoms with van der Waals surface area (Å²) in [6.07, 6.45) is 3.72. The van der Waals surface area contributed by atoms with Gasteiger partial charge in [0.1, 0.15) is 11.5 Å². The molecule has 0 radical (unpaired) electrons. The summed E-state index contributed by atoms with van der Waals surface area (Å²) >= 11 is 0. The molecule has 12 heteroatoms. The van der Waals surface area contributed by atoms with Gasteiger partial charge in [0, 0.05) is 33.4 Å². The molecule has 5 aromatic rings. The zero-order valence-electron chi connectivity index (χ0n) is 24.7. The van der Waals surface area contributed by atoms with Crippen molar-refractivity contribution in [2.45, 2.75) is 38.8 Å². The van der Waals surface area contributed by atoms with Crippen molar-refractivity contribution in [3.63, 3.8) is 0 Å². The molecule has 1 N–H and O–H groups in total. The third-order valence-corrected chi connectivity index (χ3v) is 8.85. The molecule has 4 aromatic heterocycles. The lowest BCUT2D eigenvalue weighted by Crippen LogP contribution is -2.41. The van der Waals surface area contributed by atoms with Crippen LogP contribution in [-0.4, -0.2) is 93.9 Å². The Balaban J connectivity index is 1.35. The van der Waals surface area contributed by atoms with Crippen molar-refractivity contribution in [3.05, 3.63) is 42.4 Å². The Morgan fingerprint density at radius 3 is 2.43 bits per heavy atom. The lowest BCUT2D eigenvalue weighted by atomic mass is 9.83. The van der Waals surface area contributed by atoms with Crippen molar-refractivity contribution in [1.29, 1.82) is 0 Å². The fourth-order valence-corrected chi connectivity index (χ4v) is 6.31. The van der Waals surface area contributed by atoms with Crippen molar-refractivity contribution < 1.29 is 9.84 Å². The Labute approximate surface area is 244 Å². The molecule has 42 heavy (non-hydrogen) atoms. The van der Waals surface area contributed by atoms with Gasteiger partial charge in [0.05, 0.1) is 36.4 Å². The number of ether oxygens (including phenoxy) is 1. The number of morpholine rings is 1. The molecule has 220 valence electrons. The van der Waals surface area contributed by atoms with Crippen molar-refractivity contribution in [1.82, 2.24) is 43.8 Å². The van der Waals surface area contributed by atoms with E-state index in [1.807, 2.05) is 61.5 Å². The Kier molecular flexibility index (Phi) is 6.71. The number of hydrogen-bond acceptors (Lipinski definition) is 9. The lowest BCUT2D eigenvalue weighted by molar-refractivity contribution is -0.0139. The van der Waals surface area contributed by atoms with Crippen LogP contribution in [0.15, 0.2) is 36.5 Å². The molecule has 0 amide bonds. The maximum Gasteiger partial charge on any atom is 0.240 e. The summed E-state index contributed by atoms with van der Waals surface area (Å²) in [5.41, 5.74) is 3.62. The monoisotopic (exact) mass is 570 g/mol. The van der Waals surface area contributed by atoms with Gasteiger partial charge in [-0.25, -0.2) is 9.97 Å². The highest BCUT2D eigenvalue weighted by Crippen LogP contribution is 2.32. The van der Waals surface area contributed by atoms with Gasteiger partial charge in [-0.05, 0) is 63.9 Å². The Hall–Kier alpha value is -3.87. The number of imidazole rings is 2. The van der Waals surface area contributed by atoms with Crippen LogP contribution in [-0.2, 0) is 25.4 Å². The van der Waals surface area contributed by atoms with Crippen LogP contribution in [0.5, 0.6) is 0 Å². The Bertz CT molecular complexity index is 1730. The van der Waals surface area contributed by atoms with Gasteiger partial charge in [0.2, 0.25) is 5.95 Å². The first-order chi connectivity index (χ1) is 20.3. The minimum absolute atomic E-state index is 0.314. The average Bonchev–Trinajstić information content (AvgIpc) is 3.68. The van der Waals surface area contributed by atoms with E-state index in [1.165, 1.54) is 0 Å². The number of aryl methyl sites for hydroxylation is 2. The molecular weight excluding hydrogens is 532 g/mol. The molecule has 12 nitrogen and oxygen atoms in total. The third-order valence-electron chi connectivity index (χ3n) is 8.85. The number of benzene rings is 1. The molecule has 2 aliphatic heterocycles. The highest BCUT2D eigenvalue weighted by atomic mass is 16.5. The second kappa shape index (κ2) is 10.4. The van der Waals surface area contributed by atoms with E-state index in [4.69, 9.17) is 24.7 Å². The highest BCUT2D eigenvalue weighted by Gasteiger charge is 2.31. The van der Waals surface area contributed by atoms with Gasteiger partial charge in [-0.1, -0.05) is 12.1 Å². The summed E-state index contributed by atoms with van der Waals surface area (Å²) in [5, 5.41) is 14.9.